The molecule has 0 spiro atoms. The van der Waals surface area contributed by atoms with E-state index in [0.29, 0.717) is 0 Å². The normalized spacial score (nSPS) is 17.5. The van der Waals surface area contributed by atoms with Crippen molar-refractivity contribution in [3.63, 3.8) is 0 Å². The smallest absolute Gasteiger partial charge is 0.0620 e. The summed E-state index contributed by atoms with van der Waals surface area (Å²) in [5.74, 6) is 0. The van der Waals surface area contributed by atoms with Gasteiger partial charge in [-0.1, -0.05) is 30.3 Å². The summed E-state index contributed by atoms with van der Waals surface area (Å²) in [6.45, 7) is 2.24. The second-order valence-electron chi connectivity index (χ2n) is 5.53. The highest BCUT2D eigenvalue weighted by Crippen LogP contribution is 2.49. The van der Waals surface area contributed by atoms with Crippen LogP contribution < -0.4 is 10.6 Å². The van der Waals surface area contributed by atoms with Crippen LogP contribution in [0.1, 0.15) is 24.0 Å². The number of benzene rings is 2. The van der Waals surface area contributed by atoms with E-state index in [1.807, 2.05) is 0 Å². The predicted molar refractivity (Wildman–Crippen MR) is 87.4 cm³/mol. The molecule has 0 fully saturated rings. The first-order valence-electron chi connectivity index (χ1n) is 7.01. The zero-order chi connectivity index (χ0) is 13.3. The van der Waals surface area contributed by atoms with E-state index in [1.54, 1.807) is 0 Å². The van der Waals surface area contributed by atoms with Crippen molar-refractivity contribution in [1.82, 2.24) is 0 Å². The Kier molecular flexibility index (Phi) is 3.50. The molecule has 0 saturated heterocycles. The van der Waals surface area contributed by atoms with E-state index in [2.05, 4.69) is 55.2 Å². The fourth-order valence-electron chi connectivity index (χ4n) is 3.07. The summed E-state index contributed by atoms with van der Waals surface area (Å²) in [5, 5.41) is 2.71. The van der Waals surface area contributed by atoms with Gasteiger partial charge in [0.1, 0.15) is 0 Å². The quantitative estimate of drug-likeness (QED) is 0.577. The van der Waals surface area contributed by atoms with Crippen LogP contribution in [0.25, 0.3) is 0 Å². The maximum Gasteiger partial charge on any atom is 0.377 e. The Morgan fingerprint density at radius 3 is 2.42 bits per heavy atom. The molecule has 2 aromatic carbocycles. The summed E-state index contributed by atoms with van der Waals surface area (Å²) in [6.07, 6.45) is 5.05. The molecule has 1 aliphatic rings. The molecule has 0 aromatic heterocycles. The summed E-state index contributed by atoms with van der Waals surface area (Å²) < 4.78 is 0. The zero-order valence-electron chi connectivity index (χ0n) is 11.5. The molecule has 1 atom stereocenters. The molecule has 0 N–H and O–H groups in total. The summed E-state index contributed by atoms with van der Waals surface area (Å²) in [4.78, 5) is 0. The van der Waals surface area contributed by atoms with E-state index in [4.69, 9.17) is 7.57 Å². The Morgan fingerprint density at radius 2 is 1.63 bits per heavy atom. The molecule has 19 heavy (non-hydrogen) atoms. The van der Waals surface area contributed by atoms with Crippen LogP contribution in [0.2, 0.25) is 0 Å². The maximum atomic E-state index is 6.79. The van der Waals surface area contributed by atoms with Crippen LogP contribution in [0, 0.1) is 0 Å². The molecule has 0 nitrogen and oxygen atoms in total. The van der Waals surface area contributed by atoms with Gasteiger partial charge in [0.05, 0.1) is 10.6 Å². The van der Waals surface area contributed by atoms with Gasteiger partial charge in [0.25, 0.3) is 0 Å². The average molecular weight is 265 g/mol. The van der Waals surface area contributed by atoms with Crippen molar-refractivity contribution >= 4 is 25.3 Å². The molecule has 94 valence electrons. The van der Waals surface area contributed by atoms with E-state index in [9.17, 15) is 0 Å². The monoisotopic (exact) mass is 265 g/mol. The minimum Gasteiger partial charge on any atom is -0.0620 e. The van der Waals surface area contributed by atoms with Gasteiger partial charge in [0.2, 0.25) is 0 Å². The molecule has 0 heterocycles. The molecule has 1 aliphatic carbocycles. The summed E-state index contributed by atoms with van der Waals surface area (Å²) in [6, 6.07) is 17.3. The minimum atomic E-state index is -1.71. The lowest BCUT2D eigenvalue weighted by molar-refractivity contribution is 0.688. The maximum absolute atomic E-state index is 6.79. The second-order valence-corrected chi connectivity index (χ2v) is 8.68. The van der Waals surface area contributed by atoms with Crippen molar-refractivity contribution in [2.75, 3.05) is 6.66 Å². The molecule has 0 saturated carbocycles. The molecule has 3 rings (SSSR count). The van der Waals surface area contributed by atoms with Gasteiger partial charge in [0, 0.05) is 13.8 Å². The highest BCUT2D eigenvalue weighted by Gasteiger charge is 2.34. The van der Waals surface area contributed by atoms with Gasteiger partial charge in [-0.25, -0.2) is 0 Å². The van der Waals surface area contributed by atoms with Gasteiger partial charge >= 0.3 is 7.57 Å². The molecule has 0 aliphatic heterocycles. The molecule has 2 aromatic rings. The van der Waals surface area contributed by atoms with Gasteiger partial charge in [-0.05, 0) is 55.0 Å². The van der Waals surface area contributed by atoms with Gasteiger partial charge in [-0.3, -0.25) is 0 Å². The number of hydrogen-bond donors (Lipinski definition) is 0. The largest absolute Gasteiger partial charge is 0.377 e. The Morgan fingerprint density at radius 1 is 0.895 bits per heavy atom. The average Bonchev–Trinajstić information content (AvgIpc) is 2.47. The molecular formula is C17H19BP+. The molecule has 2 radical (unpaired) electrons. The Hall–Kier alpha value is -1.07. The van der Waals surface area contributed by atoms with Crippen molar-refractivity contribution < 1.29 is 0 Å². The standard InChI is InChI=1S/C17H19BP/c1-19(18,15-10-3-2-4-11-15)17-13-7-9-14-8-5-6-12-16(14)17/h2-4,7,9-11,13H,5-6,8,12H2,1H3/q+1. The SMILES string of the molecule is [B][P+](C)(c1ccccc1)c1cccc2c1CCCC2. The van der Waals surface area contributed by atoms with Gasteiger partial charge < -0.3 is 0 Å². The van der Waals surface area contributed by atoms with Crippen molar-refractivity contribution in [2.45, 2.75) is 25.7 Å². The lowest BCUT2D eigenvalue weighted by atomic mass is 9.92. The number of aryl methyl sites for hydroxylation is 1. The van der Waals surface area contributed by atoms with Gasteiger partial charge in [-0.15, -0.1) is 0 Å². The third kappa shape index (κ3) is 2.37. The first kappa shape index (κ1) is 12.9. The van der Waals surface area contributed by atoms with Crippen LogP contribution in [0.5, 0.6) is 0 Å². The Labute approximate surface area is 118 Å². The molecule has 0 bridgehead atoms. The summed E-state index contributed by atoms with van der Waals surface area (Å²) >= 11 is 0. The van der Waals surface area contributed by atoms with Crippen LogP contribution in [-0.4, -0.2) is 14.2 Å². The molecule has 1 unspecified atom stereocenters. The highest BCUT2D eigenvalue weighted by atomic mass is 31.2. The molecular weight excluding hydrogens is 246 g/mol. The van der Waals surface area contributed by atoms with E-state index < -0.39 is 7.14 Å². The summed E-state index contributed by atoms with van der Waals surface area (Å²) in [5.41, 5.74) is 3.06. The van der Waals surface area contributed by atoms with E-state index >= 15 is 0 Å². The van der Waals surface area contributed by atoms with Crippen molar-refractivity contribution in [3.8, 4) is 0 Å². The van der Waals surface area contributed by atoms with Gasteiger partial charge in [-0.2, -0.15) is 0 Å². The Balaban J connectivity index is 2.11. The topological polar surface area (TPSA) is 0 Å². The van der Waals surface area contributed by atoms with Crippen LogP contribution in [-0.2, 0) is 12.8 Å². The fraction of sp³-hybridized carbons (Fsp3) is 0.294. The minimum absolute atomic E-state index is 1.20. The zero-order valence-corrected chi connectivity index (χ0v) is 12.4. The lowest BCUT2D eigenvalue weighted by Crippen LogP contribution is -2.26. The number of rotatable bonds is 2. The second kappa shape index (κ2) is 5.14. The predicted octanol–water partition coefficient (Wildman–Crippen LogP) is 3.25. The third-order valence-electron chi connectivity index (χ3n) is 4.16. The highest BCUT2D eigenvalue weighted by molar-refractivity contribution is 8.08. The fourth-order valence-corrected chi connectivity index (χ4v) is 5.35. The van der Waals surface area contributed by atoms with E-state index in [1.165, 1.54) is 47.4 Å². The molecule has 0 amide bonds. The summed E-state index contributed by atoms with van der Waals surface area (Å²) in [7, 11) is 5.09. The number of fused-ring (bicyclic) bond motifs is 1. The van der Waals surface area contributed by atoms with Crippen molar-refractivity contribution in [2.24, 2.45) is 0 Å². The number of hydrogen-bond acceptors (Lipinski definition) is 0. The van der Waals surface area contributed by atoms with Crippen LogP contribution >= 0.6 is 7.14 Å². The first-order valence-corrected chi connectivity index (χ1v) is 9.32. The van der Waals surface area contributed by atoms with Crippen LogP contribution in [0.15, 0.2) is 48.5 Å². The van der Waals surface area contributed by atoms with E-state index in [0.717, 1.165) is 0 Å². The van der Waals surface area contributed by atoms with Crippen LogP contribution in [0.3, 0.4) is 0 Å². The first-order chi connectivity index (χ1) is 9.19. The molecule has 2 heteroatoms. The van der Waals surface area contributed by atoms with Crippen molar-refractivity contribution in [3.05, 3.63) is 59.7 Å². The van der Waals surface area contributed by atoms with Gasteiger partial charge in [0.15, 0.2) is 0 Å². The van der Waals surface area contributed by atoms with E-state index in [-0.39, 0.29) is 0 Å². The van der Waals surface area contributed by atoms with Crippen molar-refractivity contribution in [1.29, 1.82) is 0 Å². The third-order valence-corrected chi connectivity index (χ3v) is 6.95. The van der Waals surface area contributed by atoms with Crippen LogP contribution in [0.4, 0.5) is 0 Å². The Bertz CT molecular complexity index is 575. The lowest BCUT2D eigenvalue weighted by Gasteiger charge is -2.25.